The zero-order valence-electron chi connectivity index (χ0n) is 23.9. The Hall–Kier alpha value is -2.47. The van der Waals surface area contributed by atoms with Crippen molar-refractivity contribution in [2.75, 3.05) is 46.4 Å². The second kappa shape index (κ2) is 11.4. The summed E-state index contributed by atoms with van der Waals surface area (Å²) in [5.74, 6) is 0.544. The molecule has 2 fully saturated rings. The highest BCUT2D eigenvalue weighted by molar-refractivity contribution is 7.89. The quantitative estimate of drug-likeness (QED) is 0.567. The number of likely N-dealkylation sites (tertiary alicyclic amines) is 1. The van der Waals surface area contributed by atoms with Gasteiger partial charge in [-0.3, -0.25) is 9.48 Å². The third-order valence-corrected chi connectivity index (χ3v) is 10.5. The summed E-state index contributed by atoms with van der Waals surface area (Å²) in [5, 5.41) is 14.9. The Morgan fingerprint density at radius 3 is 2.50 bits per heavy atom. The van der Waals surface area contributed by atoms with Gasteiger partial charge in [0.2, 0.25) is 15.9 Å². The van der Waals surface area contributed by atoms with Crippen molar-refractivity contribution in [3.8, 4) is 16.9 Å². The number of hydrogen-bond donors (Lipinski definition) is 2. The number of piperidine rings is 1. The number of aryl methyl sites for hydroxylation is 1. The van der Waals surface area contributed by atoms with Crippen molar-refractivity contribution in [3.63, 3.8) is 0 Å². The highest BCUT2D eigenvalue weighted by Gasteiger charge is 2.43. The lowest BCUT2D eigenvalue weighted by atomic mass is 9.73. The number of sulfonamides is 1. The molecule has 0 radical (unpaired) electrons. The number of amides is 1. The lowest BCUT2D eigenvalue weighted by molar-refractivity contribution is -0.146. The number of aliphatic hydroxyl groups is 1. The largest absolute Gasteiger partial charge is 0.492 e. The van der Waals surface area contributed by atoms with Crippen LogP contribution in [0, 0.1) is 10.8 Å². The molecule has 1 spiro atoms. The lowest BCUT2D eigenvalue weighted by Crippen LogP contribution is -2.53. The summed E-state index contributed by atoms with van der Waals surface area (Å²) in [4.78, 5) is 17.7. The summed E-state index contributed by atoms with van der Waals surface area (Å²) in [6.45, 7) is 4.65. The van der Waals surface area contributed by atoms with E-state index in [0.29, 0.717) is 32.8 Å². The third kappa shape index (κ3) is 6.22. The second-order valence-electron chi connectivity index (χ2n) is 12.5. The molecule has 1 aliphatic carbocycles. The molecule has 1 unspecified atom stereocenters. The van der Waals surface area contributed by atoms with E-state index < -0.39 is 16.1 Å². The number of β-amino-alcohol motifs (C(OH)–C–C–N with tert-alkyl or cyclic N) is 1. The normalized spacial score (nSPS) is 25.3. The van der Waals surface area contributed by atoms with Crippen LogP contribution >= 0.6 is 0 Å². The molecule has 0 bridgehead atoms. The third-order valence-electron chi connectivity index (χ3n) is 9.03. The fraction of sp³-hybridized carbons (Fsp3) is 0.655. The molecule has 220 valence electrons. The maximum atomic E-state index is 13.5. The minimum absolute atomic E-state index is 0.0502. The Bertz CT molecular complexity index is 1310. The lowest BCUT2D eigenvalue weighted by Gasteiger charge is -2.46. The number of nitrogens with one attached hydrogen (secondary N) is 1. The number of benzene rings is 1. The molecule has 3 aliphatic rings. The van der Waals surface area contributed by atoms with Gasteiger partial charge in [-0.1, -0.05) is 32.3 Å². The van der Waals surface area contributed by atoms with Gasteiger partial charge in [-0.05, 0) is 50.4 Å². The van der Waals surface area contributed by atoms with Gasteiger partial charge in [-0.25, -0.2) is 13.1 Å². The van der Waals surface area contributed by atoms with Crippen molar-refractivity contribution < 1.29 is 23.1 Å². The summed E-state index contributed by atoms with van der Waals surface area (Å²) in [6.07, 6.45) is 9.58. The molecule has 11 heteroatoms. The molecule has 1 aromatic carbocycles. The highest BCUT2D eigenvalue weighted by atomic mass is 32.2. The molecule has 10 nitrogen and oxygen atoms in total. The Morgan fingerprint density at radius 2 is 1.82 bits per heavy atom. The van der Waals surface area contributed by atoms with Crippen LogP contribution in [0.2, 0.25) is 0 Å². The number of likely N-dealkylation sites (N-methyl/N-ethyl adjacent to an activating group) is 1. The van der Waals surface area contributed by atoms with Gasteiger partial charge in [-0.2, -0.15) is 5.10 Å². The van der Waals surface area contributed by atoms with Gasteiger partial charge in [0, 0.05) is 62.4 Å². The number of aliphatic hydroxyl groups excluding tert-OH is 1. The molecule has 2 aliphatic heterocycles. The van der Waals surface area contributed by atoms with Gasteiger partial charge in [0.1, 0.15) is 10.6 Å². The number of rotatable bonds is 2. The number of carbonyl (C=O) groups excluding carboxylic acids is 1. The van der Waals surface area contributed by atoms with Gasteiger partial charge in [0.25, 0.3) is 0 Å². The number of carbonyl (C=O) groups is 1. The van der Waals surface area contributed by atoms with E-state index in [1.54, 1.807) is 29.1 Å². The maximum Gasteiger partial charge on any atom is 0.244 e. The fourth-order valence-corrected chi connectivity index (χ4v) is 7.83. The van der Waals surface area contributed by atoms with Crippen LogP contribution in [0.1, 0.15) is 51.9 Å². The first-order chi connectivity index (χ1) is 19.0. The monoisotopic (exact) mass is 573 g/mol. The van der Waals surface area contributed by atoms with Crippen LogP contribution in [0.4, 0.5) is 0 Å². The standard InChI is InChI=1S/C29H43N5O5S/c1-28(9-5-4-6-10-28)27(36)34-13-11-29(12-14-34)20-32(2)19-24(35)17-31-40(37,38)26-8-7-22(15-25(26)39-21-29)23-16-30-33(3)18-23/h7-8,15-16,18,24,31,35H,4-6,9-14,17,19-21H2,1-3H3. The molecule has 1 atom stereocenters. The van der Waals surface area contributed by atoms with Crippen molar-refractivity contribution in [2.24, 2.45) is 17.9 Å². The highest BCUT2D eigenvalue weighted by Crippen LogP contribution is 2.41. The van der Waals surface area contributed by atoms with Gasteiger partial charge >= 0.3 is 0 Å². The van der Waals surface area contributed by atoms with Gasteiger partial charge < -0.3 is 19.6 Å². The number of ether oxygens (including phenoxy) is 1. The Balaban J connectivity index is 1.42. The van der Waals surface area contributed by atoms with E-state index >= 15 is 0 Å². The maximum absolute atomic E-state index is 13.5. The van der Waals surface area contributed by atoms with Gasteiger partial charge in [0.15, 0.2) is 0 Å². The minimum atomic E-state index is -3.92. The molecular formula is C29H43N5O5S. The zero-order valence-corrected chi connectivity index (χ0v) is 24.8. The topological polar surface area (TPSA) is 117 Å². The predicted octanol–water partition coefficient (Wildman–Crippen LogP) is 2.63. The van der Waals surface area contributed by atoms with Crippen molar-refractivity contribution in [1.82, 2.24) is 24.3 Å². The van der Waals surface area contributed by atoms with Crippen molar-refractivity contribution in [2.45, 2.75) is 62.9 Å². The number of nitrogens with zero attached hydrogens (tertiary/aromatic N) is 4. The Morgan fingerprint density at radius 1 is 1.10 bits per heavy atom. The van der Waals surface area contributed by atoms with E-state index in [4.69, 9.17) is 4.74 Å². The predicted molar refractivity (Wildman–Crippen MR) is 152 cm³/mol. The van der Waals surface area contributed by atoms with E-state index in [1.165, 1.54) is 6.42 Å². The average molecular weight is 574 g/mol. The van der Waals surface area contributed by atoms with Gasteiger partial charge in [0.05, 0.1) is 18.9 Å². The zero-order chi connectivity index (χ0) is 28.5. The number of fused-ring (bicyclic) bond motifs is 1. The molecule has 40 heavy (non-hydrogen) atoms. The first kappa shape index (κ1) is 29.0. The van der Waals surface area contributed by atoms with Crippen LogP contribution in [0.5, 0.6) is 5.75 Å². The molecule has 5 rings (SSSR count). The van der Waals surface area contributed by atoms with Crippen LogP contribution < -0.4 is 9.46 Å². The summed E-state index contributed by atoms with van der Waals surface area (Å²) in [7, 11) is -0.145. The first-order valence-corrected chi connectivity index (χ1v) is 15.9. The molecular weight excluding hydrogens is 530 g/mol. The Labute approximate surface area is 237 Å². The van der Waals surface area contributed by atoms with Crippen molar-refractivity contribution in [1.29, 1.82) is 0 Å². The van der Waals surface area contributed by atoms with Crippen LogP contribution in [-0.2, 0) is 21.9 Å². The molecule has 2 aromatic rings. The van der Waals surface area contributed by atoms with Crippen molar-refractivity contribution >= 4 is 15.9 Å². The van der Waals surface area contributed by atoms with E-state index in [1.807, 2.05) is 25.2 Å². The molecule has 1 saturated carbocycles. The molecule has 1 saturated heterocycles. The van der Waals surface area contributed by atoms with E-state index in [0.717, 1.165) is 49.7 Å². The fourth-order valence-electron chi connectivity index (χ4n) is 6.63. The Kier molecular flexibility index (Phi) is 8.29. The molecule has 1 aromatic heterocycles. The SMILES string of the molecule is CN1CC(O)CNS(=O)(=O)c2ccc(-c3cnn(C)c3)cc2OCC2(CCN(C(=O)C3(C)CCCCC3)CC2)C1. The molecule has 3 heterocycles. The van der Waals surface area contributed by atoms with Crippen LogP contribution in [0.3, 0.4) is 0 Å². The van der Waals surface area contributed by atoms with E-state index in [9.17, 15) is 18.3 Å². The van der Waals surface area contributed by atoms with Crippen LogP contribution in [0.15, 0.2) is 35.5 Å². The molecule has 1 amide bonds. The summed E-state index contributed by atoms with van der Waals surface area (Å²) in [5.41, 5.74) is 1.10. The smallest absolute Gasteiger partial charge is 0.244 e. The van der Waals surface area contributed by atoms with Crippen LogP contribution in [-0.4, -0.2) is 91.5 Å². The van der Waals surface area contributed by atoms with Crippen molar-refractivity contribution in [3.05, 3.63) is 30.6 Å². The summed E-state index contributed by atoms with van der Waals surface area (Å²) in [6, 6.07) is 5.07. The van der Waals surface area contributed by atoms with E-state index in [2.05, 4.69) is 21.6 Å². The molecule has 2 N–H and O–H groups in total. The second-order valence-corrected chi connectivity index (χ2v) is 14.2. The minimum Gasteiger partial charge on any atom is -0.492 e. The number of aromatic nitrogens is 2. The van der Waals surface area contributed by atoms with Crippen LogP contribution in [0.25, 0.3) is 11.1 Å². The average Bonchev–Trinajstić information content (AvgIpc) is 3.37. The number of hydrogen-bond acceptors (Lipinski definition) is 7. The first-order valence-electron chi connectivity index (χ1n) is 14.4. The van der Waals surface area contributed by atoms with Gasteiger partial charge in [-0.15, -0.1) is 0 Å². The van der Waals surface area contributed by atoms with E-state index in [-0.39, 0.29) is 33.9 Å². The summed E-state index contributed by atoms with van der Waals surface area (Å²) >= 11 is 0. The summed E-state index contributed by atoms with van der Waals surface area (Å²) < 4.78 is 37.2.